The van der Waals surface area contributed by atoms with Crippen molar-refractivity contribution in [1.29, 1.82) is 0 Å². The SMILES string of the molecule is CCCCNCc1sc(-c2cnccn2)nc1C1CC1. The number of rotatable bonds is 7. The van der Waals surface area contributed by atoms with Gasteiger partial charge in [-0.3, -0.25) is 9.97 Å². The second-order valence-corrected chi connectivity index (χ2v) is 6.31. The molecule has 0 amide bonds. The van der Waals surface area contributed by atoms with Crippen LogP contribution in [0.15, 0.2) is 18.6 Å². The van der Waals surface area contributed by atoms with Gasteiger partial charge in [-0.15, -0.1) is 11.3 Å². The second kappa shape index (κ2) is 6.41. The van der Waals surface area contributed by atoms with Crippen molar-refractivity contribution in [2.24, 2.45) is 0 Å². The van der Waals surface area contributed by atoms with Crippen molar-refractivity contribution < 1.29 is 0 Å². The molecule has 3 rings (SSSR count). The Bertz CT molecular complexity index is 548. The minimum Gasteiger partial charge on any atom is -0.312 e. The molecule has 0 bridgehead atoms. The molecule has 20 heavy (non-hydrogen) atoms. The van der Waals surface area contributed by atoms with Crippen LogP contribution in [0.25, 0.3) is 10.7 Å². The van der Waals surface area contributed by atoms with Gasteiger partial charge in [-0.2, -0.15) is 0 Å². The van der Waals surface area contributed by atoms with Crippen LogP contribution in [0.1, 0.15) is 49.1 Å². The highest BCUT2D eigenvalue weighted by molar-refractivity contribution is 7.15. The summed E-state index contributed by atoms with van der Waals surface area (Å²) in [6.07, 6.45) is 10.3. The molecule has 0 aliphatic heterocycles. The summed E-state index contributed by atoms with van der Waals surface area (Å²) < 4.78 is 0. The van der Waals surface area contributed by atoms with Crippen LogP contribution in [-0.2, 0) is 6.54 Å². The van der Waals surface area contributed by atoms with Crippen molar-refractivity contribution >= 4 is 11.3 Å². The summed E-state index contributed by atoms with van der Waals surface area (Å²) in [6, 6.07) is 0. The van der Waals surface area contributed by atoms with Gasteiger partial charge in [0.15, 0.2) is 0 Å². The number of nitrogens with zero attached hydrogens (tertiary/aromatic N) is 3. The Morgan fingerprint density at radius 2 is 2.25 bits per heavy atom. The first-order valence-corrected chi connectivity index (χ1v) is 8.17. The Hall–Kier alpha value is -1.33. The van der Waals surface area contributed by atoms with Crippen LogP contribution in [-0.4, -0.2) is 21.5 Å². The largest absolute Gasteiger partial charge is 0.312 e. The van der Waals surface area contributed by atoms with Gasteiger partial charge in [-0.25, -0.2) is 4.98 Å². The van der Waals surface area contributed by atoms with E-state index in [1.807, 2.05) is 0 Å². The van der Waals surface area contributed by atoms with E-state index < -0.39 is 0 Å². The van der Waals surface area contributed by atoms with Crippen molar-refractivity contribution in [1.82, 2.24) is 20.3 Å². The third-order valence-electron chi connectivity index (χ3n) is 3.47. The number of hydrogen-bond acceptors (Lipinski definition) is 5. The maximum absolute atomic E-state index is 4.82. The summed E-state index contributed by atoms with van der Waals surface area (Å²) in [5.74, 6) is 0.680. The lowest BCUT2D eigenvalue weighted by Crippen LogP contribution is -2.14. The molecule has 0 spiro atoms. The van der Waals surface area contributed by atoms with Gasteiger partial charge in [0.2, 0.25) is 0 Å². The Kier molecular flexibility index (Phi) is 4.38. The lowest BCUT2D eigenvalue weighted by molar-refractivity contribution is 0.642. The van der Waals surface area contributed by atoms with Crippen LogP contribution in [0.4, 0.5) is 0 Å². The number of nitrogens with one attached hydrogen (secondary N) is 1. The van der Waals surface area contributed by atoms with Gasteiger partial charge in [0.25, 0.3) is 0 Å². The Morgan fingerprint density at radius 3 is 2.95 bits per heavy atom. The fraction of sp³-hybridized carbons (Fsp3) is 0.533. The van der Waals surface area contributed by atoms with Crippen LogP contribution in [0, 0.1) is 0 Å². The summed E-state index contributed by atoms with van der Waals surface area (Å²) in [5.41, 5.74) is 2.18. The molecule has 106 valence electrons. The van der Waals surface area contributed by atoms with Crippen molar-refractivity contribution in [3.05, 3.63) is 29.2 Å². The Labute approximate surface area is 123 Å². The highest BCUT2D eigenvalue weighted by Gasteiger charge is 2.29. The van der Waals surface area contributed by atoms with E-state index in [1.54, 1.807) is 29.9 Å². The van der Waals surface area contributed by atoms with Crippen molar-refractivity contribution in [2.45, 2.75) is 45.1 Å². The predicted octanol–water partition coefficient (Wildman–Crippen LogP) is 3.37. The van der Waals surface area contributed by atoms with Crippen molar-refractivity contribution in [2.75, 3.05) is 6.54 Å². The molecule has 1 aliphatic rings. The van der Waals surface area contributed by atoms with Gasteiger partial charge in [-0.1, -0.05) is 13.3 Å². The lowest BCUT2D eigenvalue weighted by atomic mass is 10.2. The minimum absolute atomic E-state index is 0.680. The topological polar surface area (TPSA) is 50.7 Å². The summed E-state index contributed by atoms with van der Waals surface area (Å²) in [7, 11) is 0. The normalized spacial score (nSPS) is 14.7. The van der Waals surface area contributed by atoms with Crippen molar-refractivity contribution in [3.63, 3.8) is 0 Å². The van der Waals surface area contributed by atoms with Crippen LogP contribution in [0.3, 0.4) is 0 Å². The molecule has 0 atom stereocenters. The van der Waals surface area contributed by atoms with E-state index >= 15 is 0 Å². The van der Waals surface area contributed by atoms with Gasteiger partial charge in [0.05, 0.1) is 11.9 Å². The highest BCUT2D eigenvalue weighted by Crippen LogP contribution is 2.43. The maximum Gasteiger partial charge on any atom is 0.144 e. The molecule has 2 aromatic heterocycles. The van der Waals surface area contributed by atoms with Gasteiger partial charge < -0.3 is 5.32 Å². The fourth-order valence-electron chi connectivity index (χ4n) is 2.19. The summed E-state index contributed by atoms with van der Waals surface area (Å²) in [6.45, 7) is 4.24. The van der Waals surface area contributed by atoms with E-state index in [0.29, 0.717) is 5.92 Å². The molecular weight excluding hydrogens is 268 g/mol. The zero-order chi connectivity index (χ0) is 13.8. The van der Waals surface area contributed by atoms with Crippen LogP contribution in [0.5, 0.6) is 0 Å². The van der Waals surface area contributed by atoms with Gasteiger partial charge >= 0.3 is 0 Å². The molecule has 5 heteroatoms. The summed E-state index contributed by atoms with van der Waals surface area (Å²) >= 11 is 1.76. The first-order valence-electron chi connectivity index (χ1n) is 7.35. The standard InChI is InChI=1S/C15H20N4S/c1-2-3-6-16-10-13-14(11-4-5-11)19-15(20-13)12-9-17-7-8-18-12/h7-9,11,16H,2-6,10H2,1H3. The monoisotopic (exact) mass is 288 g/mol. The van der Waals surface area contributed by atoms with E-state index in [0.717, 1.165) is 23.8 Å². The molecule has 0 unspecified atom stereocenters. The number of unbranched alkanes of at least 4 members (excludes halogenated alkanes) is 1. The molecular formula is C15H20N4S. The minimum atomic E-state index is 0.680. The molecule has 0 aromatic carbocycles. The highest BCUT2D eigenvalue weighted by atomic mass is 32.1. The summed E-state index contributed by atoms with van der Waals surface area (Å²) in [4.78, 5) is 14.7. The van der Waals surface area contributed by atoms with E-state index in [-0.39, 0.29) is 0 Å². The van der Waals surface area contributed by atoms with Gasteiger partial charge in [0.1, 0.15) is 10.7 Å². The van der Waals surface area contributed by atoms with Crippen molar-refractivity contribution in [3.8, 4) is 10.7 Å². The first kappa shape index (κ1) is 13.6. The quantitative estimate of drug-likeness (QED) is 0.794. The second-order valence-electron chi connectivity index (χ2n) is 5.22. The first-order chi connectivity index (χ1) is 9.88. The maximum atomic E-state index is 4.82. The van der Waals surface area contributed by atoms with Crippen LogP contribution in [0.2, 0.25) is 0 Å². The van der Waals surface area contributed by atoms with E-state index in [1.165, 1.54) is 36.3 Å². The molecule has 0 radical (unpaired) electrons. The van der Waals surface area contributed by atoms with Crippen LogP contribution < -0.4 is 5.32 Å². The molecule has 2 heterocycles. The third kappa shape index (κ3) is 3.22. The molecule has 1 fully saturated rings. The average Bonchev–Trinajstić information content (AvgIpc) is 3.25. The van der Waals surface area contributed by atoms with E-state index in [9.17, 15) is 0 Å². The zero-order valence-electron chi connectivity index (χ0n) is 11.8. The number of thiazole rings is 1. The predicted molar refractivity (Wildman–Crippen MR) is 81.7 cm³/mol. The van der Waals surface area contributed by atoms with Gasteiger partial charge in [0, 0.05) is 29.7 Å². The fourth-order valence-corrected chi connectivity index (χ4v) is 3.27. The van der Waals surface area contributed by atoms with Crippen LogP contribution >= 0.6 is 11.3 Å². The zero-order valence-corrected chi connectivity index (χ0v) is 12.6. The molecule has 0 saturated heterocycles. The molecule has 4 nitrogen and oxygen atoms in total. The number of aromatic nitrogens is 3. The summed E-state index contributed by atoms with van der Waals surface area (Å²) in [5, 5.41) is 4.53. The smallest absolute Gasteiger partial charge is 0.144 e. The van der Waals surface area contributed by atoms with E-state index in [2.05, 4.69) is 22.2 Å². The molecule has 1 saturated carbocycles. The lowest BCUT2D eigenvalue weighted by Gasteiger charge is -2.03. The Morgan fingerprint density at radius 1 is 1.35 bits per heavy atom. The van der Waals surface area contributed by atoms with Gasteiger partial charge in [-0.05, 0) is 25.8 Å². The average molecular weight is 288 g/mol. The Balaban J connectivity index is 1.76. The third-order valence-corrected chi connectivity index (χ3v) is 4.56. The molecule has 2 aromatic rings. The van der Waals surface area contributed by atoms with E-state index in [4.69, 9.17) is 4.98 Å². The number of hydrogen-bond donors (Lipinski definition) is 1. The molecule has 1 aliphatic carbocycles. The molecule has 1 N–H and O–H groups in total.